The van der Waals surface area contributed by atoms with Crippen molar-refractivity contribution in [1.29, 1.82) is 0 Å². The highest BCUT2D eigenvalue weighted by Crippen LogP contribution is 2.17. The van der Waals surface area contributed by atoms with Crippen molar-refractivity contribution in [3.05, 3.63) is 0 Å². The van der Waals surface area contributed by atoms with Crippen LogP contribution in [0, 0.1) is 0 Å². The summed E-state index contributed by atoms with van der Waals surface area (Å²) in [4.78, 5) is 13.5. The van der Waals surface area contributed by atoms with Gasteiger partial charge >= 0.3 is 0 Å². The number of likely N-dealkylation sites (N-methyl/N-ethyl adjacent to an activating group) is 1. The molecule has 2 fully saturated rings. The number of amides is 1. The van der Waals surface area contributed by atoms with Crippen LogP contribution in [0.25, 0.3) is 0 Å². The Labute approximate surface area is 91.0 Å². The Morgan fingerprint density at radius 2 is 2.33 bits per heavy atom. The van der Waals surface area contributed by atoms with E-state index < -0.39 is 0 Å². The molecule has 2 heterocycles. The zero-order valence-electron chi connectivity index (χ0n) is 9.53. The number of nitrogens with one attached hydrogen (secondary N) is 1. The fourth-order valence-electron chi connectivity index (χ4n) is 2.40. The molecule has 2 aliphatic heterocycles. The van der Waals surface area contributed by atoms with E-state index in [-0.39, 0.29) is 18.0 Å². The van der Waals surface area contributed by atoms with Crippen LogP contribution in [-0.2, 0) is 9.53 Å². The molecule has 0 spiro atoms. The van der Waals surface area contributed by atoms with Crippen LogP contribution in [0.5, 0.6) is 0 Å². The Morgan fingerprint density at radius 3 is 2.87 bits per heavy atom. The number of hydrogen-bond acceptors (Lipinski definition) is 3. The van der Waals surface area contributed by atoms with Crippen LogP contribution in [0.2, 0.25) is 0 Å². The maximum atomic E-state index is 11.7. The Kier molecular flexibility index (Phi) is 3.26. The first kappa shape index (κ1) is 10.9. The molecule has 3 atom stereocenters. The quantitative estimate of drug-likeness (QED) is 0.735. The topological polar surface area (TPSA) is 41.6 Å². The second kappa shape index (κ2) is 4.49. The summed E-state index contributed by atoms with van der Waals surface area (Å²) in [6.07, 6.45) is 3.48. The Morgan fingerprint density at radius 1 is 1.53 bits per heavy atom. The van der Waals surface area contributed by atoms with Crippen LogP contribution in [0.1, 0.15) is 26.2 Å². The molecule has 2 saturated heterocycles. The molecular weight excluding hydrogens is 192 g/mol. The molecule has 0 aromatic heterocycles. The SMILES string of the molecule is CC(NC1CCN(C)C1=O)C1CCCO1. The molecule has 0 aliphatic carbocycles. The molecule has 86 valence electrons. The maximum Gasteiger partial charge on any atom is 0.239 e. The highest BCUT2D eigenvalue weighted by molar-refractivity contribution is 5.83. The minimum Gasteiger partial charge on any atom is -0.377 e. The smallest absolute Gasteiger partial charge is 0.239 e. The molecule has 3 unspecified atom stereocenters. The van der Waals surface area contributed by atoms with E-state index >= 15 is 0 Å². The number of ether oxygens (including phenoxy) is 1. The normalized spacial score (nSPS) is 33.7. The Bertz CT molecular complexity index is 239. The number of nitrogens with zero attached hydrogens (tertiary/aromatic N) is 1. The summed E-state index contributed by atoms with van der Waals surface area (Å²) >= 11 is 0. The van der Waals surface area contributed by atoms with Gasteiger partial charge in [0.05, 0.1) is 12.1 Å². The van der Waals surface area contributed by atoms with Gasteiger partial charge in [0.2, 0.25) is 5.91 Å². The number of hydrogen-bond donors (Lipinski definition) is 1. The first-order valence-electron chi connectivity index (χ1n) is 5.81. The molecule has 4 heteroatoms. The molecule has 0 aromatic carbocycles. The van der Waals surface area contributed by atoms with Crippen LogP contribution in [0.4, 0.5) is 0 Å². The van der Waals surface area contributed by atoms with Crippen LogP contribution in [-0.4, -0.2) is 49.2 Å². The third-order valence-corrected chi connectivity index (χ3v) is 3.41. The standard InChI is InChI=1S/C11H20N2O2/c1-8(10-4-3-7-15-10)12-9-5-6-13(2)11(9)14/h8-10,12H,3-7H2,1-2H3. The van der Waals surface area contributed by atoms with E-state index in [2.05, 4.69) is 12.2 Å². The molecule has 1 N–H and O–H groups in total. The van der Waals surface area contributed by atoms with Crippen molar-refractivity contribution in [2.75, 3.05) is 20.2 Å². The molecule has 15 heavy (non-hydrogen) atoms. The minimum atomic E-state index is 0.00852. The van der Waals surface area contributed by atoms with E-state index in [1.54, 1.807) is 4.90 Å². The zero-order chi connectivity index (χ0) is 10.8. The first-order chi connectivity index (χ1) is 7.18. The van der Waals surface area contributed by atoms with Gasteiger partial charge in [0.25, 0.3) is 0 Å². The first-order valence-corrected chi connectivity index (χ1v) is 5.81. The second-order valence-corrected chi connectivity index (χ2v) is 4.61. The lowest BCUT2D eigenvalue weighted by atomic mass is 10.1. The van der Waals surface area contributed by atoms with Crippen molar-refractivity contribution in [1.82, 2.24) is 10.2 Å². The number of carbonyl (C=O) groups is 1. The Hall–Kier alpha value is -0.610. The van der Waals surface area contributed by atoms with Crippen molar-refractivity contribution in [2.45, 2.75) is 44.4 Å². The second-order valence-electron chi connectivity index (χ2n) is 4.61. The number of likely N-dealkylation sites (tertiary alicyclic amines) is 1. The summed E-state index contributed by atoms with van der Waals surface area (Å²) in [5.41, 5.74) is 0. The molecular formula is C11H20N2O2. The monoisotopic (exact) mass is 212 g/mol. The van der Waals surface area contributed by atoms with Gasteiger partial charge in [0.15, 0.2) is 0 Å². The van der Waals surface area contributed by atoms with Crippen molar-refractivity contribution < 1.29 is 9.53 Å². The van der Waals surface area contributed by atoms with Crippen molar-refractivity contribution in [3.63, 3.8) is 0 Å². The van der Waals surface area contributed by atoms with Crippen molar-refractivity contribution in [3.8, 4) is 0 Å². The number of rotatable bonds is 3. The highest BCUT2D eigenvalue weighted by Gasteiger charge is 2.32. The molecule has 1 amide bonds. The fraction of sp³-hybridized carbons (Fsp3) is 0.909. The summed E-state index contributed by atoms with van der Waals surface area (Å²) in [7, 11) is 1.86. The summed E-state index contributed by atoms with van der Waals surface area (Å²) in [5, 5.41) is 3.38. The predicted molar refractivity (Wildman–Crippen MR) is 57.6 cm³/mol. The predicted octanol–water partition coefficient (Wildman–Crippen LogP) is 0.374. The van der Waals surface area contributed by atoms with Gasteiger partial charge in [0.1, 0.15) is 0 Å². The molecule has 0 aromatic rings. The van der Waals surface area contributed by atoms with Gasteiger partial charge in [-0.15, -0.1) is 0 Å². The minimum absolute atomic E-state index is 0.00852. The van der Waals surface area contributed by atoms with Gasteiger partial charge < -0.3 is 15.0 Å². The fourth-order valence-corrected chi connectivity index (χ4v) is 2.40. The summed E-state index contributed by atoms with van der Waals surface area (Å²) in [6.45, 7) is 3.85. The lowest BCUT2D eigenvalue weighted by Crippen LogP contribution is -2.46. The summed E-state index contributed by atoms with van der Waals surface area (Å²) in [6, 6.07) is 0.294. The number of carbonyl (C=O) groups excluding carboxylic acids is 1. The van der Waals surface area contributed by atoms with Gasteiger partial charge in [0, 0.05) is 26.2 Å². The van der Waals surface area contributed by atoms with E-state index in [1.165, 1.54) is 0 Å². The van der Waals surface area contributed by atoms with Gasteiger partial charge in [-0.3, -0.25) is 4.79 Å². The lowest BCUT2D eigenvalue weighted by molar-refractivity contribution is -0.128. The van der Waals surface area contributed by atoms with Crippen molar-refractivity contribution in [2.24, 2.45) is 0 Å². The molecule has 0 saturated carbocycles. The third kappa shape index (κ3) is 2.32. The van der Waals surface area contributed by atoms with Gasteiger partial charge in [-0.2, -0.15) is 0 Å². The average Bonchev–Trinajstić information content (AvgIpc) is 2.83. The summed E-state index contributed by atoms with van der Waals surface area (Å²) < 4.78 is 5.60. The molecule has 2 rings (SSSR count). The van der Waals surface area contributed by atoms with Gasteiger partial charge in [-0.25, -0.2) is 0 Å². The van der Waals surface area contributed by atoms with Crippen LogP contribution in [0.3, 0.4) is 0 Å². The zero-order valence-corrected chi connectivity index (χ0v) is 9.53. The van der Waals surface area contributed by atoms with Gasteiger partial charge in [-0.05, 0) is 26.2 Å². The largest absolute Gasteiger partial charge is 0.377 e. The average molecular weight is 212 g/mol. The van der Waals surface area contributed by atoms with Gasteiger partial charge in [-0.1, -0.05) is 0 Å². The summed E-state index contributed by atoms with van der Waals surface area (Å²) in [5.74, 6) is 0.222. The molecule has 4 nitrogen and oxygen atoms in total. The third-order valence-electron chi connectivity index (χ3n) is 3.41. The Balaban J connectivity index is 1.83. The van der Waals surface area contributed by atoms with E-state index in [4.69, 9.17) is 4.74 Å². The van der Waals surface area contributed by atoms with E-state index in [0.717, 1.165) is 32.4 Å². The van der Waals surface area contributed by atoms with E-state index in [1.807, 2.05) is 7.05 Å². The molecule has 0 bridgehead atoms. The van der Waals surface area contributed by atoms with Crippen molar-refractivity contribution >= 4 is 5.91 Å². The molecule has 0 radical (unpaired) electrons. The lowest BCUT2D eigenvalue weighted by Gasteiger charge is -2.23. The van der Waals surface area contributed by atoms with Crippen LogP contribution in [0.15, 0.2) is 0 Å². The van der Waals surface area contributed by atoms with E-state index in [0.29, 0.717) is 6.10 Å². The van der Waals surface area contributed by atoms with E-state index in [9.17, 15) is 4.79 Å². The highest BCUT2D eigenvalue weighted by atomic mass is 16.5. The van der Waals surface area contributed by atoms with Crippen LogP contribution < -0.4 is 5.32 Å². The molecule has 2 aliphatic rings. The van der Waals surface area contributed by atoms with Crippen LogP contribution >= 0.6 is 0 Å². The maximum absolute atomic E-state index is 11.7.